The molecule has 0 spiro atoms. The van der Waals surface area contributed by atoms with Crippen molar-refractivity contribution in [2.24, 2.45) is 0 Å². The minimum atomic E-state index is -0.306. The van der Waals surface area contributed by atoms with Crippen molar-refractivity contribution in [3.63, 3.8) is 0 Å². The molecule has 1 saturated heterocycles. The van der Waals surface area contributed by atoms with Gasteiger partial charge in [-0.3, -0.25) is 0 Å². The minimum absolute atomic E-state index is 0.103. The molecule has 0 amide bonds. The summed E-state index contributed by atoms with van der Waals surface area (Å²) >= 11 is 6.82. The number of aliphatic hydroxyl groups excluding tert-OH is 1. The van der Waals surface area contributed by atoms with Crippen molar-refractivity contribution in [3.05, 3.63) is 92.9 Å². The molecule has 0 aliphatic carbocycles. The van der Waals surface area contributed by atoms with E-state index in [0.29, 0.717) is 5.56 Å². The van der Waals surface area contributed by atoms with E-state index in [1.54, 1.807) is 6.07 Å². The number of fused-ring (bicyclic) bond motifs is 2. The van der Waals surface area contributed by atoms with Gasteiger partial charge >= 0.3 is 5.97 Å². The second-order valence-electron chi connectivity index (χ2n) is 7.50. The molecule has 172 valence electrons. The minimum Gasteiger partial charge on any atom is -0.465 e. The smallest absolute Gasteiger partial charge is 0.337 e. The molecule has 1 aliphatic rings. The monoisotopic (exact) mass is 572 g/mol. The van der Waals surface area contributed by atoms with E-state index in [-0.39, 0.29) is 12.6 Å². The van der Waals surface area contributed by atoms with Gasteiger partial charge in [0.1, 0.15) is 0 Å². The summed E-state index contributed by atoms with van der Waals surface area (Å²) in [6.45, 7) is 2.10. The molecule has 0 aromatic heterocycles. The summed E-state index contributed by atoms with van der Waals surface area (Å²) in [6, 6.07) is 23.5. The molecule has 0 atom stereocenters. The van der Waals surface area contributed by atoms with Gasteiger partial charge in [-0.2, -0.15) is 0 Å². The first-order valence-corrected chi connectivity index (χ1v) is 12.2. The third-order valence-electron chi connectivity index (χ3n) is 5.10. The molecule has 6 heteroatoms. The Bertz CT molecular complexity index is 1210. The van der Waals surface area contributed by atoms with E-state index in [2.05, 4.69) is 42.7 Å². The maximum absolute atomic E-state index is 11.3. The lowest BCUT2D eigenvalue weighted by Crippen LogP contribution is -2.00. The Morgan fingerprint density at radius 2 is 1.33 bits per heavy atom. The number of carbonyl (C=O) groups is 1. The summed E-state index contributed by atoms with van der Waals surface area (Å²) in [4.78, 5) is 11.3. The second-order valence-corrected chi connectivity index (χ2v) is 9.33. The molecular formula is C27H26Br2O4. The number of hydrogen-bond acceptors (Lipinski definition) is 4. The summed E-state index contributed by atoms with van der Waals surface area (Å²) in [5.74, 6) is -0.306. The van der Waals surface area contributed by atoms with Gasteiger partial charge in [0.15, 0.2) is 0 Å². The van der Waals surface area contributed by atoms with Gasteiger partial charge in [0.2, 0.25) is 0 Å². The topological polar surface area (TPSA) is 55.8 Å². The van der Waals surface area contributed by atoms with Crippen LogP contribution in [0.2, 0.25) is 0 Å². The molecular weight excluding hydrogens is 548 g/mol. The van der Waals surface area contributed by atoms with Gasteiger partial charge in [0.25, 0.3) is 0 Å². The molecule has 1 heterocycles. The van der Waals surface area contributed by atoms with Crippen molar-refractivity contribution in [2.45, 2.75) is 19.4 Å². The Kier molecular flexibility index (Phi) is 9.88. The number of esters is 1. The molecule has 0 radical (unpaired) electrons. The van der Waals surface area contributed by atoms with Crippen LogP contribution >= 0.6 is 31.9 Å². The van der Waals surface area contributed by atoms with Gasteiger partial charge < -0.3 is 14.6 Å². The van der Waals surface area contributed by atoms with Gasteiger partial charge in [-0.1, -0.05) is 62.2 Å². The largest absolute Gasteiger partial charge is 0.465 e. The van der Waals surface area contributed by atoms with Gasteiger partial charge in [0, 0.05) is 22.2 Å². The average Bonchev–Trinajstić information content (AvgIpc) is 3.43. The average molecular weight is 574 g/mol. The maximum Gasteiger partial charge on any atom is 0.337 e. The molecule has 5 rings (SSSR count). The van der Waals surface area contributed by atoms with E-state index >= 15 is 0 Å². The molecule has 0 unspecified atom stereocenters. The molecule has 4 nitrogen and oxygen atoms in total. The Hall–Kier alpha value is -2.25. The highest BCUT2D eigenvalue weighted by Gasteiger charge is 2.05. The number of ether oxygens (including phenoxy) is 2. The lowest BCUT2D eigenvalue weighted by atomic mass is 10.1. The van der Waals surface area contributed by atoms with Crippen molar-refractivity contribution in [2.75, 3.05) is 20.3 Å². The number of methoxy groups -OCH3 is 1. The van der Waals surface area contributed by atoms with Crippen molar-refractivity contribution in [1.29, 1.82) is 0 Å². The quantitative estimate of drug-likeness (QED) is 0.256. The molecule has 33 heavy (non-hydrogen) atoms. The molecule has 1 fully saturated rings. The third-order valence-corrected chi connectivity index (χ3v) is 6.09. The van der Waals surface area contributed by atoms with E-state index in [1.165, 1.54) is 25.3 Å². The lowest BCUT2D eigenvalue weighted by molar-refractivity contribution is 0.0601. The maximum atomic E-state index is 11.3. The summed E-state index contributed by atoms with van der Waals surface area (Å²) < 4.78 is 11.7. The fraction of sp³-hybridized carbons (Fsp3) is 0.222. The predicted octanol–water partition coefficient (Wildman–Crippen LogP) is 7.28. The van der Waals surface area contributed by atoms with E-state index < -0.39 is 0 Å². The van der Waals surface area contributed by atoms with Gasteiger partial charge in [-0.05, 0) is 82.4 Å². The number of benzene rings is 4. The van der Waals surface area contributed by atoms with Crippen LogP contribution in [0.5, 0.6) is 0 Å². The first kappa shape index (κ1) is 25.4. The zero-order valence-electron chi connectivity index (χ0n) is 18.4. The molecule has 1 N–H and O–H groups in total. The van der Waals surface area contributed by atoms with Crippen LogP contribution in [0, 0.1) is 0 Å². The molecule has 0 saturated carbocycles. The SMILES string of the molecule is C1CCOC1.COC(=O)c1ccc2cc(Br)ccc2c1.OCc1ccc2cc(Br)ccc2c1. The normalized spacial score (nSPS) is 12.5. The predicted molar refractivity (Wildman–Crippen MR) is 141 cm³/mol. The zero-order valence-corrected chi connectivity index (χ0v) is 21.6. The van der Waals surface area contributed by atoms with Crippen LogP contribution < -0.4 is 0 Å². The van der Waals surface area contributed by atoms with E-state index in [9.17, 15) is 4.79 Å². The summed E-state index contributed by atoms with van der Waals surface area (Å²) in [5, 5.41) is 13.4. The van der Waals surface area contributed by atoms with Crippen LogP contribution in [-0.2, 0) is 16.1 Å². The highest BCUT2D eigenvalue weighted by atomic mass is 79.9. The van der Waals surface area contributed by atoms with Gasteiger partial charge in [0.05, 0.1) is 19.3 Å². The molecule has 1 aliphatic heterocycles. The molecule has 0 bridgehead atoms. The van der Waals surface area contributed by atoms with Crippen molar-refractivity contribution >= 4 is 59.4 Å². The Morgan fingerprint density at radius 3 is 1.85 bits per heavy atom. The first-order valence-electron chi connectivity index (χ1n) is 10.6. The van der Waals surface area contributed by atoms with E-state index in [1.807, 2.05) is 60.7 Å². The van der Waals surface area contributed by atoms with Gasteiger partial charge in [-0.25, -0.2) is 4.79 Å². The Balaban J connectivity index is 0.000000155. The summed E-state index contributed by atoms with van der Waals surface area (Å²) in [5.41, 5.74) is 1.53. The Morgan fingerprint density at radius 1 is 0.818 bits per heavy atom. The Labute approximate surface area is 210 Å². The molecule has 4 aromatic carbocycles. The summed E-state index contributed by atoms with van der Waals surface area (Å²) in [6.07, 6.45) is 2.56. The molecule has 4 aromatic rings. The highest BCUT2D eigenvalue weighted by molar-refractivity contribution is 9.10. The van der Waals surface area contributed by atoms with E-state index in [4.69, 9.17) is 9.84 Å². The highest BCUT2D eigenvalue weighted by Crippen LogP contribution is 2.22. The van der Waals surface area contributed by atoms with Crippen LogP contribution in [0.1, 0.15) is 28.8 Å². The summed E-state index contributed by atoms with van der Waals surface area (Å²) in [7, 11) is 1.38. The van der Waals surface area contributed by atoms with Crippen LogP contribution in [-0.4, -0.2) is 31.4 Å². The second kappa shape index (κ2) is 12.8. The van der Waals surface area contributed by atoms with Crippen molar-refractivity contribution in [1.82, 2.24) is 0 Å². The third kappa shape index (κ3) is 7.64. The van der Waals surface area contributed by atoms with E-state index in [0.717, 1.165) is 43.9 Å². The van der Waals surface area contributed by atoms with Crippen molar-refractivity contribution < 1.29 is 19.4 Å². The number of aliphatic hydroxyl groups is 1. The standard InChI is InChI=1S/C12H9BrO2.C11H9BrO.C4H8O/c1-15-12(14)10-3-2-9-7-11(13)5-4-8(9)6-10;12-11-4-3-9-5-8(7-13)1-2-10(9)6-11;1-2-4-5-3-1/h2-7H,1H3;1-6,13H,7H2;1-4H2. The van der Waals surface area contributed by atoms with Crippen LogP contribution in [0.15, 0.2) is 81.7 Å². The van der Waals surface area contributed by atoms with Gasteiger partial charge in [-0.15, -0.1) is 0 Å². The zero-order chi connectivity index (χ0) is 23.6. The number of carbonyl (C=O) groups excluding carboxylic acids is 1. The van der Waals surface area contributed by atoms with Crippen LogP contribution in [0.4, 0.5) is 0 Å². The number of halogens is 2. The number of rotatable bonds is 2. The lowest BCUT2D eigenvalue weighted by Gasteiger charge is -2.02. The fourth-order valence-corrected chi connectivity index (χ4v) is 4.09. The van der Waals surface area contributed by atoms with Crippen molar-refractivity contribution in [3.8, 4) is 0 Å². The van der Waals surface area contributed by atoms with Crippen LogP contribution in [0.3, 0.4) is 0 Å². The first-order chi connectivity index (χ1) is 16.0. The fourth-order valence-electron chi connectivity index (χ4n) is 3.34. The number of hydrogen-bond donors (Lipinski definition) is 1. The van der Waals surface area contributed by atoms with Crippen LogP contribution in [0.25, 0.3) is 21.5 Å².